The molecular formula is C33H33N5O7S. The molecule has 5 rings (SSSR count). The van der Waals surface area contributed by atoms with Crippen molar-refractivity contribution in [2.75, 3.05) is 23.9 Å². The molecule has 0 spiro atoms. The molecule has 1 unspecified atom stereocenters. The Hall–Kier alpha value is -5.30. The zero-order valence-electron chi connectivity index (χ0n) is 25.7. The Morgan fingerprint density at radius 1 is 1.00 bits per heavy atom. The maximum absolute atomic E-state index is 13.0. The van der Waals surface area contributed by atoms with Crippen LogP contribution in [0.15, 0.2) is 85.5 Å². The average molecular weight is 644 g/mol. The van der Waals surface area contributed by atoms with Crippen molar-refractivity contribution in [1.82, 2.24) is 14.9 Å². The van der Waals surface area contributed by atoms with Gasteiger partial charge >= 0.3 is 6.09 Å². The maximum atomic E-state index is 13.0. The fourth-order valence-corrected chi connectivity index (χ4v) is 5.28. The van der Waals surface area contributed by atoms with E-state index in [9.17, 15) is 19.2 Å². The highest BCUT2D eigenvalue weighted by molar-refractivity contribution is 8.15. The minimum Gasteiger partial charge on any atom is -0.484 e. The Bertz CT molecular complexity index is 1720. The highest BCUT2D eigenvalue weighted by Gasteiger charge is 2.31. The normalized spacial score (nSPS) is 14.4. The number of rotatable bonds is 10. The van der Waals surface area contributed by atoms with Crippen LogP contribution in [-0.4, -0.2) is 57.2 Å². The summed E-state index contributed by atoms with van der Waals surface area (Å²) in [6.45, 7) is 5.00. The zero-order chi connectivity index (χ0) is 32.8. The van der Waals surface area contributed by atoms with E-state index in [0.717, 1.165) is 23.0 Å². The van der Waals surface area contributed by atoms with E-state index in [4.69, 9.17) is 14.2 Å². The van der Waals surface area contributed by atoms with Crippen LogP contribution in [0.1, 0.15) is 26.3 Å². The van der Waals surface area contributed by atoms with E-state index in [1.54, 1.807) is 82.8 Å². The minimum absolute atomic E-state index is 0.300. The standard InChI is InChI=1S/C33H33N5O7S/c1-33(2,3)45-32(42)37(4)27-18-25(44-24-11-7-22(8-12-24)38-16-15-34-20-38)13-14-26(27)35-29(39)19-43-23-9-5-21(6-10-23)17-28-30(40)36-31(41)46-28/h5-16,18,20,28H,17,19H2,1-4H3,(H,35,39)(H,36,40,41). The molecule has 1 aromatic heterocycles. The molecule has 4 aromatic rings. The predicted octanol–water partition coefficient (Wildman–Crippen LogP) is 5.95. The van der Waals surface area contributed by atoms with E-state index in [1.165, 1.54) is 4.90 Å². The summed E-state index contributed by atoms with van der Waals surface area (Å²) in [5.74, 6) is 0.706. The van der Waals surface area contributed by atoms with Crippen LogP contribution in [0, 0.1) is 0 Å². The largest absolute Gasteiger partial charge is 0.484 e. The summed E-state index contributed by atoms with van der Waals surface area (Å²) in [6.07, 6.45) is 5.02. The van der Waals surface area contributed by atoms with E-state index >= 15 is 0 Å². The topological polar surface area (TPSA) is 141 Å². The fraction of sp³-hybridized carbons (Fsp3) is 0.242. The summed E-state index contributed by atoms with van der Waals surface area (Å²) in [5.41, 5.74) is 1.74. The van der Waals surface area contributed by atoms with Gasteiger partial charge in [0.1, 0.15) is 22.8 Å². The van der Waals surface area contributed by atoms with Gasteiger partial charge in [0.2, 0.25) is 5.91 Å². The minimum atomic E-state index is -0.733. The Labute approximate surface area is 270 Å². The van der Waals surface area contributed by atoms with Crippen LogP contribution in [0.25, 0.3) is 5.69 Å². The van der Waals surface area contributed by atoms with Gasteiger partial charge in [0.25, 0.3) is 11.1 Å². The molecule has 1 fully saturated rings. The molecule has 2 N–H and O–H groups in total. The molecule has 0 radical (unpaired) electrons. The zero-order valence-corrected chi connectivity index (χ0v) is 26.5. The lowest BCUT2D eigenvalue weighted by molar-refractivity contribution is -0.119. The lowest BCUT2D eigenvalue weighted by atomic mass is 10.1. The van der Waals surface area contributed by atoms with Crippen LogP contribution >= 0.6 is 11.8 Å². The second-order valence-corrected chi connectivity index (χ2v) is 12.5. The summed E-state index contributed by atoms with van der Waals surface area (Å²) in [5, 5.41) is 4.27. The van der Waals surface area contributed by atoms with Crippen LogP contribution in [0.4, 0.5) is 21.0 Å². The number of hydrogen-bond donors (Lipinski definition) is 2. The molecule has 13 heteroatoms. The average Bonchev–Trinajstić information content (AvgIpc) is 3.66. The first-order valence-electron chi connectivity index (χ1n) is 14.3. The molecule has 238 valence electrons. The molecule has 12 nitrogen and oxygen atoms in total. The molecule has 0 bridgehead atoms. The fourth-order valence-electron chi connectivity index (χ4n) is 4.42. The van der Waals surface area contributed by atoms with Gasteiger partial charge in [0.05, 0.1) is 23.0 Å². The highest BCUT2D eigenvalue weighted by Crippen LogP contribution is 2.33. The Morgan fingerprint density at radius 2 is 1.70 bits per heavy atom. The van der Waals surface area contributed by atoms with Crippen molar-refractivity contribution in [3.05, 3.63) is 91.0 Å². The lowest BCUT2D eigenvalue weighted by Crippen LogP contribution is -2.34. The maximum Gasteiger partial charge on any atom is 0.414 e. The van der Waals surface area contributed by atoms with Gasteiger partial charge in [0, 0.05) is 31.2 Å². The number of carbonyl (C=O) groups excluding carboxylic acids is 4. The van der Waals surface area contributed by atoms with Crippen molar-refractivity contribution < 1.29 is 33.4 Å². The summed E-state index contributed by atoms with van der Waals surface area (Å²) < 4.78 is 19.2. The third kappa shape index (κ3) is 8.45. The van der Waals surface area contributed by atoms with Gasteiger partial charge < -0.3 is 24.1 Å². The van der Waals surface area contributed by atoms with Crippen molar-refractivity contribution in [3.63, 3.8) is 0 Å². The highest BCUT2D eigenvalue weighted by atomic mass is 32.2. The number of thioether (sulfide) groups is 1. The van der Waals surface area contributed by atoms with E-state index in [1.807, 2.05) is 35.0 Å². The summed E-state index contributed by atoms with van der Waals surface area (Å²) in [7, 11) is 1.55. The molecule has 1 atom stereocenters. The molecule has 4 amide bonds. The second-order valence-electron chi connectivity index (χ2n) is 11.4. The number of anilines is 2. The van der Waals surface area contributed by atoms with E-state index in [-0.39, 0.29) is 17.8 Å². The van der Waals surface area contributed by atoms with Gasteiger partial charge in [-0.3, -0.25) is 24.6 Å². The van der Waals surface area contributed by atoms with Crippen LogP contribution in [0.5, 0.6) is 17.2 Å². The van der Waals surface area contributed by atoms with E-state index in [2.05, 4.69) is 15.6 Å². The van der Waals surface area contributed by atoms with Crippen molar-refractivity contribution in [2.24, 2.45) is 0 Å². The number of carbonyl (C=O) groups is 4. The lowest BCUT2D eigenvalue weighted by Gasteiger charge is -2.26. The van der Waals surface area contributed by atoms with Gasteiger partial charge in [0.15, 0.2) is 6.61 Å². The molecule has 1 aliphatic heterocycles. The number of hydrogen-bond acceptors (Lipinski definition) is 9. The number of ether oxygens (including phenoxy) is 3. The SMILES string of the molecule is CN(C(=O)OC(C)(C)C)c1cc(Oc2ccc(-n3ccnc3)cc2)ccc1NC(=O)COc1ccc(CC2SC(=O)NC2=O)cc1. The number of imidazole rings is 1. The number of amides is 4. The Kier molecular flexibility index (Phi) is 9.61. The number of benzene rings is 3. The van der Waals surface area contributed by atoms with Crippen molar-refractivity contribution in [3.8, 4) is 22.9 Å². The van der Waals surface area contributed by atoms with Crippen molar-refractivity contribution in [1.29, 1.82) is 0 Å². The summed E-state index contributed by atoms with van der Waals surface area (Å²) in [6, 6.07) is 19.3. The van der Waals surface area contributed by atoms with Crippen LogP contribution in [0.3, 0.4) is 0 Å². The molecule has 2 heterocycles. The monoisotopic (exact) mass is 643 g/mol. The number of aromatic nitrogens is 2. The molecule has 46 heavy (non-hydrogen) atoms. The molecule has 1 aliphatic rings. The van der Waals surface area contributed by atoms with Crippen LogP contribution in [0.2, 0.25) is 0 Å². The molecular weight excluding hydrogens is 610 g/mol. The van der Waals surface area contributed by atoms with Crippen LogP contribution < -0.4 is 25.0 Å². The third-order valence-corrected chi connectivity index (χ3v) is 7.61. The van der Waals surface area contributed by atoms with Gasteiger partial charge in [-0.1, -0.05) is 23.9 Å². The first-order chi connectivity index (χ1) is 21.9. The summed E-state index contributed by atoms with van der Waals surface area (Å²) >= 11 is 0.969. The molecule has 0 aliphatic carbocycles. The first-order valence-corrected chi connectivity index (χ1v) is 15.2. The van der Waals surface area contributed by atoms with Gasteiger partial charge in [-0.2, -0.15) is 0 Å². The number of nitrogens with zero attached hydrogens (tertiary/aromatic N) is 3. The Morgan fingerprint density at radius 3 is 2.33 bits per heavy atom. The molecule has 0 saturated carbocycles. The molecule has 1 saturated heterocycles. The molecule has 3 aromatic carbocycles. The predicted molar refractivity (Wildman–Crippen MR) is 174 cm³/mol. The van der Waals surface area contributed by atoms with E-state index in [0.29, 0.717) is 35.0 Å². The summed E-state index contributed by atoms with van der Waals surface area (Å²) in [4.78, 5) is 54.5. The van der Waals surface area contributed by atoms with E-state index < -0.39 is 22.9 Å². The first kappa shape index (κ1) is 32.1. The van der Waals surface area contributed by atoms with Crippen molar-refractivity contribution >= 4 is 46.3 Å². The number of imide groups is 1. The van der Waals surface area contributed by atoms with Gasteiger partial charge in [-0.25, -0.2) is 9.78 Å². The smallest absolute Gasteiger partial charge is 0.414 e. The second kappa shape index (κ2) is 13.8. The third-order valence-electron chi connectivity index (χ3n) is 6.63. The van der Waals surface area contributed by atoms with Gasteiger partial charge in [-0.05, 0) is 81.3 Å². The van der Waals surface area contributed by atoms with Gasteiger partial charge in [-0.15, -0.1) is 0 Å². The van der Waals surface area contributed by atoms with Crippen LogP contribution in [-0.2, 0) is 20.7 Å². The van der Waals surface area contributed by atoms with Crippen molar-refractivity contribution in [2.45, 2.75) is 38.0 Å². The quantitative estimate of drug-likeness (QED) is 0.215. The Balaban J connectivity index is 1.25. The number of nitrogens with one attached hydrogen (secondary N) is 2.